The van der Waals surface area contributed by atoms with Crippen LogP contribution in [0.3, 0.4) is 0 Å². The standard InChI is InChI=1S/C10H19F2NO3/c1-3-10(2,7-14)13-9(15)4-5-16-6-8(11)12/h8,14H,3-7H2,1-2H3,(H,13,15). The molecule has 0 rings (SSSR count). The van der Waals surface area contributed by atoms with Gasteiger partial charge >= 0.3 is 0 Å². The lowest BCUT2D eigenvalue weighted by molar-refractivity contribution is -0.125. The van der Waals surface area contributed by atoms with E-state index in [0.717, 1.165) is 0 Å². The van der Waals surface area contributed by atoms with Crippen molar-refractivity contribution in [1.29, 1.82) is 0 Å². The monoisotopic (exact) mass is 239 g/mol. The lowest BCUT2D eigenvalue weighted by Gasteiger charge is -2.27. The molecule has 6 heteroatoms. The van der Waals surface area contributed by atoms with Crippen LogP contribution in [0.2, 0.25) is 0 Å². The van der Waals surface area contributed by atoms with Crippen molar-refractivity contribution in [2.75, 3.05) is 19.8 Å². The summed E-state index contributed by atoms with van der Waals surface area (Å²) in [4.78, 5) is 11.3. The fourth-order valence-electron chi connectivity index (χ4n) is 0.976. The fourth-order valence-corrected chi connectivity index (χ4v) is 0.976. The van der Waals surface area contributed by atoms with Crippen molar-refractivity contribution >= 4 is 5.91 Å². The van der Waals surface area contributed by atoms with Crippen molar-refractivity contribution in [2.45, 2.75) is 38.7 Å². The number of hydrogen-bond acceptors (Lipinski definition) is 3. The minimum absolute atomic E-state index is 0.0162. The molecule has 0 aliphatic rings. The zero-order valence-electron chi connectivity index (χ0n) is 9.63. The molecule has 4 nitrogen and oxygen atoms in total. The van der Waals surface area contributed by atoms with Crippen LogP contribution in [0.15, 0.2) is 0 Å². The molecule has 0 aliphatic heterocycles. The van der Waals surface area contributed by atoms with Gasteiger partial charge in [0.05, 0.1) is 18.8 Å². The van der Waals surface area contributed by atoms with Crippen LogP contribution in [0, 0.1) is 0 Å². The summed E-state index contributed by atoms with van der Waals surface area (Å²) in [5, 5.41) is 11.7. The van der Waals surface area contributed by atoms with Crippen LogP contribution in [0.5, 0.6) is 0 Å². The average molecular weight is 239 g/mol. The molecule has 0 aromatic heterocycles. The first kappa shape index (κ1) is 15.2. The topological polar surface area (TPSA) is 58.6 Å². The largest absolute Gasteiger partial charge is 0.394 e. The van der Waals surface area contributed by atoms with Gasteiger partial charge in [0.2, 0.25) is 5.91 Å². The molecule has 96 valence electrons. The number of rotatable bonds is 8. The molecule has 1 atom stereocenters. The van der Waals surface area contributed by atoms with Crippen LogP contribution in [0.1, 0.15) is 26.7 Å². The van der Waals surface area contributed by atoms with Gasteiger partial charge in [0.1, 0.15) is 6.61 Å². The Labute approximate surface area is 94.0 Å². The first-order valence-corrected chi connectivity index (χ1v) is 5.21. The predicted molar refractivity (Wildman–Crippen MR) is 55.4 cm³/mol. The molecule has 0 aromatic carbocycles. The third kappa shape index (κ3) is 6.68. The van der Waals surface area contributed by atoms with Crippen molar-refractivity contribution in [3.63, 3.8) is 0 Å². The normalized spacial score (nSPS) is 14.9. The van der Waals surface area contributed by atoms with Gasteiger partial charge in [0.25, 0.3) is 6.43 Å². The first-order valence-electron chi connectivity index (χ1n) is 5.21. The Morgan fingerprint density at radius 2 is 2.19 bits per heavy atom. The smallest absolute Gasteiger partial charge is 0.261 e. The highest BCUT2D eigenvalue weighted by atomic mass is 19.3. The molecule has 0 spiro atoms. The quantitative estimate of drug-likeness (QED) is 0.620. The number of amides is 1. The molecule has 1 amide bonds. The number of aliphatic hydroxyl groups is 1. The second kappa shape index (κ2) is 7.51. The van der Waals surface area contributed by atoms with Gasteiger partial charge in [-0.05, 0) is 13.3 Å². The van der Waals surface area contributed by atoms with E-state index in [1.165, 1.54) is 0 Å². The van der Waals surface area contributed by atoms with Crippen LogP contribution in [0.4, 0.5) is 8.78 Å². The molecule has 0 aliphatic carbocycles. The number of halogens is 2. The highest BCUT2D eigenvalue weighted by Crippen LogP contribution is 2.07. The minimum atomic E-state index is -2.51. The maximum absolute atomic E-state index is 11.7. The van der Waals surface area contributed by atoms with Gasteiger partial charge in [-0.1, -0.05) is 6.92 Å². The Morgan fingerprint density at radius 1 is 1.56 bits per heavy atom. The van der Waals surface area contributed by atoms with Crippen molar-refractivity contribution in [2.24, 2.45) is 0 Å². The molecular weight excluding hydrogens is 220 g/mol. The molecule has 0 bridgehead atoms. The van der Waals surface area contributed by atoms with Gasteiger partial charge in [-0.15, -0.1) is 0 Å². The number of hydrogen-bond donors (Lipinski definition) is 2. The molecular formula is C10H19F2NO3. The molecule has 16 heavy (non-hydrogen) atoms. The fraction of sp³-hybridized carbons (Fsp3) is 0.900. The van der Waals surface area contributed by atoms with Crippen molar-refractivity contribution < 1.29 is 23.4 Å². The van der Waals surface area contributed by atoms with E-state index in [9.17, 15) is 13.6 Å². The highest BCUT2D eigenvalue weighted by Gasteiger charge is 2.22. The third-order valence-corrected chi connectivity index (χ3v) is 2.29. The van der Waals surface area contributed by atoms with E-state index in [2.05, 4.69) is 10.1 Å². The summed E-state index contributed by atoms with van der Waals surface area (Å²) in [6.07, 6.45) is -1.91. The van der Waals surface area contributed by atoms with Gasteiger partial charge < -0.3 is 15.2 Å². The molecule has 1 unspecified atom stereocenters. The number of ether oxygens (including phenoxy) is 1. The zero-order chi connectivity index (χ0) is 12.6. The molecule has 0 saturated carbocycles. The first-order chi connectivity index (χ1) is 7.43. The summed E-state index contributed by atoms with van der Waals surface area (Å²) in [6, 6.07) is 0. The van der Waals surface area contributed by atoms with Crippen molar-refractivity contribution in [3.05, 3.63) is 0 Å². The molecule has 0 aromatic rings. The van der Waals surface area contributed by atoms with E-state index in [0.29, 0.717) is 6.42 Å². The van der Waals surface area contributed by atoms with E-state index in [1.807, 2.05) is 6.92 Å². The van der Waals surface area contributed by atoms with E-state index in [-0.39, 0.29) is 25.5 Å². The van der Waals surface area contributed by atoms with Crippen LogP contribution < -0.4 is 5.32 Å². The Balaban J connectivity index is 3.73. The van der Waals surface area contributed by atoms with Crippen LogP contribution >= 0.6 is 0 Å². The third-order valence-electron chi connectivity index (χ3n) is 2.29. The van der Waals surface area contributed by atoms with Gasteiger partial charge in [0.15, 0.2) is 0 Å². The molecule has 0 heterocycles. The summed E-state index contributed by atoms with van der Waals surface area (Å²) in [7, 11) is 0. The molecule has 2 N–H and O–H groups in total. The summed E-state index contributed by atoms with van der Waals surface area (Å²) in [6.45, 7) is 2.70. The summed E-state index contributed by atoms with van der Waals surface area (Å²) in [5.74, 6) is -0.312. The van der Waals surface area contributed by atoms with Gasteiger partial charge in [-0.25, -0.2) is 8.78 Å². The zero-order valence-corrected chi connectivity index (χ0v) is 9.63. The van der Waals surface area contributed by atoms with Gasteiger partial charge in [-0.3, -0.25) is 4.79 Å². The highest BCUT2D eigenvalue weighted by molar-refractivity contribution is 5.76. The number of carbonyl (C=O) groups is 1. The van der Waals surface area contributed by atoms with Gasteiger partial charge in [0, 0.05) is 6.42 Å². The van der Waals surface area contributed by atoms with Gasteiger partial charge in [-0.2, -0.15) is 0 Å². The van der Waals surface area contributed by atoms with Crippen LogP contribution in [-0.2, 0) is 9.53 Å². The van der Waals surface area contributed by atoms with E-state index < -0.39 is 18.6 Å². The molecule has 0 radical (unpaired) electrons. The lowest BCUT2D eigenvalue weighted by atomic mass is 10.0. The van der Waals surface area contributed by atoms with E-state index in [1.54, 1.807) is 6.92 Å². The second-order valence-corrected chi connectivity index (χ2v) is 3.84. The maximum Gasteiger partial charge on any atom is 0.261 e. The number of carbonyl (C=O) groups excluding carboxylic acids is 1. The summed E-state index contributed by atoms with van der Waals surface area (Å²) >= 11 is 0. The predicted octanol–water partition coefficient (Wildman–Crippen LogP) is 0.935. The molecule has 0 saturated heterocycles. The van der Waals surface area contributed by atoms with Crippen molar-refractivity contribution in [1.82, 2.24) is 5.32 Å². The Kier molecular flexibility index (Phi) is 7.16. The molecule has 0 fully saturated rings. The van der Waals surface area contributed by atoms with Crippen LogP contribution in [-0.4, -0.2) is 42.8 Å². The number of aliphatic hydroxyl groups excluding tert-OH is 1. The maximum atomic E-state index is 11.7. The number of nitrogens with one attached hydrogen (secondary N) is 1. The van der Waals surface area contributed by atoms with Crippen molar-refractivity contribution in [3.8, 4) is 0 Å². The van der Waals surface area contributed by atoms with E-state index >= 15 is 0 Å². The second-order valence-electron chi connectivity index (χ2n) is 3.84. The van der Waals surface area contributed by atoms with Crippen LogP contribution in [0.25, 0.3) is 0 Å². The Bertz CT molecular complexity index is 208. The van der Waals surface area contributed by atoms with E-state index in [4.69, 9.17) is 5.11 Å². The summed E-state index contributed by atoms with van der Waals surface area (Å²) < 4.78 is 27.9. The number of alkyl halides is 2. The minimum Gasteiger partial charge on any atom is -0.394 e. The summed E-state index contributed by atoms with van der Waals surface area (Å²) in [5.41, 5.74) is -0.653. The average Bonchev–Trinajstić information content (AvgIpc) is 2.24. The Hall–Kier alpha value is -0.750. The lowest BCUT2D eigenvalue weighted by Crippen LogP contribution is -2.48. The SMILES string of the molecule is CCC(C)(CO)NC(=O)CCOCC(F)F. The Morgan fingerprint density at radius 3 is 2.62 bits per heavy atom.